The van der Waals surface area contributed by atoms with Crippen LogP contribution in [0.1, 0.15) is 36.0 Å². The zero-order valence-corrected chi connectivity index (χ0v) is 11.6. The van der Waals surface area contributed by atoms with Crippen molar-refractivity contribution in [1.29, 1.82) is 0 Å². The molecule has 0 saturated heterocycles. The van der Waals surface area contributed by atoms with Crippen molar-refractivity contribution in [2.24, 2.45) is 0 Å². The number of aliphatic hydroxyl groups is 1. The molecule has 1 aliphatic carbocycles. The largest absolute Gasteiger partial charge is 0.396 e. The first-order chi connectivity index (χ1) is 9.67. The molecule has 1 aromatic heterocycles. The summed E-state index contributed by atoms with van der Waals surface area (Å²) in [7, 11) is 1.65. The van der Waals surface area contributed by atoms with Gasteiger partial charge in [0.25, 0.3) is 5.91 Å². The number of aliphatic hydroxyl groups excluding tert-OH is 1. The minimum atomic E-state index is -0.525. The molecule has 0 bridgehead atoms. The van der Waals surface area contributed by atoms with E-state index in [1.807, 2.05) is 0 Å². The maximum absolute atomic E-state index is 13.4. The van der Waals surface area contributed by atoms with Gasteiger partial charge in [-0.25, -0.2) is 9.37 Å². The number of halogens is 1. The molecule has 1 fully saturated rings. The normalized spacial score (nSPS) is 14.8. The zero-order chi connectivity index (χ0) is 14.5. The Hall–Kier alpha value is -1.69. The lowest BCUT2D eigenvalue weighted by Crippen LogP contribution is -2.45. The van der Waals surface area contributed by atoms with Crippen LogP contribution in [-0.4, -0.2) is 47.1 Å². The minimum absolute atomic E-state index is 0.0385. The van der Waals surface area contributed by atoms with Gasteiger partial charge < -0.3 is 15.3 Å². The van der Waals surface area contributed by atoms with Gasteiger partial charge in [0.15, 0.2) is 0 Å². The molecule has 110 valence electrons. The van der Waals surface area contributed by atoms with Crippen molar-refractivity contribution in [3.63, 3.8) is 0 Å². The number of hydrogen-bond donors (Lipinski definition) is 2. The summed E-state index contributed by atoms with van der Waals surface area (Å²) < 4.78 is 13.4. The Morgan fingerprint density at radius 3 is 2.90 bits per heavy atom. The van der Waals surface area contributed by atoms with Gasteiger partial charge in [0.2, 0.25) is 0 Å². The highest BCUT2D eigenvalue weighted by atomic mass is 19.1. The van der Waals surface area contributed by atoms with Crippen LogP contribution in [0.25, 0.3) is 0 Å². The molecular formula is C14H20FN3O2. The van der Waals surface area contributed by atoms with Crippen LogP contribution >= 0.6 is 0 Å². The smallest absolute Gasteiger partial charge is 0.257 e. The Bertz CT molecular complexity index is 477. The molecule has 6 heteroatoms. The van der Waals surface area contributed by atoms with E-state index in [1.165, 1.54) is 6.07 Å². The lowest BCUT2D eigenvalue weighted by molar-refractivity contribution is 0.0562. The quantitative estimate of drug-likeness (QED) is 0.832. The van der Waals surface area contributed by atoms with Crippen molar-refractivity contribution in [3.05, 3.63) is 23.6 Å². The maximum Gasteiger partial charge on any atom is 0.257 e. The molecule has 1 aromatic rings. The molecule has 0 radical (unpaired) electrons. The molecule has 5 nitrogen and oxygen atoms in total. The number of pyridine rings is 1. The van der Waals surface area contributed by atoms with Crippen molar-refractivity contribution in [2.75, 3.05) is 25.5 Å². The van der Waals surface area contributed by atoms with Gasteiger partial charge >= 0.3 is 0 Å². The van der Waals surface area contributed by atoms with Crippen molar-refractivity contribution in [1.82, 2.24) is 9.88 Å². The summed E-state index contributed by atoms with van der Waals surface area (Å²) in [6.07, 6.45) is 4.65. The van der Waals surface area contributed by atoms with E-state index >= 15 is 0 Å². The Kier molecular flexibility index (Phi) is 4.89. The van der Waals surface area contributed by atoms with Crippen LogP contribution in [0, 0.1) is 5.82 Å². The third-order valence-electron chi connectivity index (χ3n) is 3.65. The van der Waals surface area contributed by atoms with E-state index < -0.39 is 5.82 Å². The molecule has 1 amide bonds. The number of nitrogens with one attached hydrogen (secondary N) is 1. The van der Waals surface area contributed by atoms with Crippen LogP contribution in [0.5, 0.6) is 0 Å². The van der Waals surface area contributed by atoms with Crippen LogP contribution in [0.15, 0.2) is 12.3 Å². The molecule has 1 heterocycles. The standard InChI is InChI=1S/C14H20FN3O2/c1-16-13-12(8-10(15)9-17-13)14(20)18(6-3-7-19)11-4-2-5-11/h8-9,11,19H,2-7H2,1H3,(H,16,17). The number of hydrogen-bond acceptors (Lipinski definition) is 4. The molecular weight excluding hydrogens is 261 g/mol. The summed E-state index contributed by atoms with van der Waals surface area (Å²) in [6, 6.07) is 1.41. The molecule has 0 unspecified atom stereocenters. The molecule has 1 aliphatic rings. The van der Waals surface area contributed by atoms with Crippen molar-refractivity contribution in [3.8, 4) is 0 Å². The number of carbonyl (C=O) groups excluding carboxylic acids is 1. The van der Waals surface area contributed by atoms with Crippen LogP contribution < -0.4 is 5.32 Å². The molecule has 2 rings (SSSR count). The molecule has 20 heavy (non-hydrogen) atoms. The third-order valence-corrected chi connectivity index (χ3v) is 3.65. The number of rotatable bonds is 6. The van der Waals surface area contributed by atoms with E-state index in [4.69, 9.17) is 5.11 Å². The molecule has 0 atom stereocenters. The lowest BCUT2D eigenvalue weighted by atomic mass is 9.90. The number of amides is 1. The summed E-state index contributed by atoms with van der Waals surface area (Å²) in [5.41, 5.74) is 0.248. The number of anilines is 1. The summed E-state index contributed by atoms with van der Waals surface area (Å²) in [6.45, 7) is 0.524. The van der Waals surface area contributed by atoms with Gasteiger partial charge in [-0.2, -0.15) is 0 Å². The second kappa shape index (κ2) is 6.65. The van der Waals surface area contributed by atoms with Gasteiger partial charge in [0.1, 0.15) is 11.6 Å². The third kappa shape index (κ3) is 3.07. The first kappa shape index (κ1) is 14.7. The van der Waals surface area contributed by atoms with E-state index in [1.54, 1.807) is 11.9 Å². The van der Waals surface area contributed by atoms with Crippen LogP contribution in [0.2, 0.25) is 0 Å². The second-order valence-electron chi connectivity index (χ2n) is 4.96. The first-order valence-electron chi connectivity index (χ1n) is 6.92. The summed E-state index contributed by atoms with van der Waals surface area (Å²) >= 11 is 0. The molecule has 1 saturated carbocycles. The van der Waals surface area contributed by atoms with Gasteiger partial charge in [0, 0.05) is 26.2 Å². The monoisotopic (exact) mass is 281 g/mol. The average Bonchev–Trinajstić information content (AvgIpc) is 2.40. The van der Waals surface area contributed by atoms with Gasteiger partial charge in [-0.3, -0.25) is 4.79 Å². The minimum Gasteiger partial charge on any atom is -0.396 e. The Labute approximate surface area is 117 Å². The summed E-state index contributed by atoms with van der Waals surface area (Å²) in [4.78, 5) is 18.2. The fourth-order valence-electron chi connectivity index (χ4n) is 2.35. The average molecular weight is 281 g/mol. The van der Waals surface area contributed by atoms with Crippen molar-refractivity contribution < 1.29 is 14.3 Å². The van der Waals surface area contributed by atoms with Crippen LogP contribution in [0.3, 0.4) is 0 Å². The lowest BCUT2D eigenvalue weighted by Gasteiger charge is -2.37. The second-order valence-corrected chi connectivity index (χ2v) is 4.96. The van der Waals surface area contributed by atoms with Crippen LogP contribution in [0.4, 0.5) is 10.2 Å². The van der Waals surface area contributed by atoms with Gasteiger partial charge in [-0.15, -0.1) is 0 Å². The Balaban J connectivity index is 2.23. The van der Waals surface area contributed by atoms with Gasteiger partial charge in [0.05, 0.1) is 11.8 Å². The van der Waals surface area contributed by atoms with Crippen molar-refractivity contribution in [2.45, 2.75) is 31.7 Å². The number of aromatic nitrogens is 1. The van der Waals surface area contributed by atoms with E-state index in [2.05, 4.69) is 10.3 Å². The Morgan fingerprint density at radius 1 is 1.60 bits per heavy atom. The van der Waals surface area contributed by atoms with E-state index in [0.717, 1.165) is 25.5 Å². The highest BCUT2D eigenvalue weighted by molar-refractivity contribution is 5.99. The molecule has 0 aliphatic heterocycles. The zero-order valence-electron chi connectivity index (χ0n) is 11.6. The fourth-order valence-corrected chi connectivity index (χ4v) is 2.35. The summed E-state index contributed by atoms with van der Waals surface area (Å²) in [5.74, 6) is -0.368. The highest BCUT2D eigenvalue weighted by Crippen LogP contribution is 2.27. The predicted octanol–water partition coefficient (Wildman–Crippen LogP) is 1.64. The van der Waals surface area contributed by atoms with E-state index in [-0.39, 0.29) is 24.1 Å². The SMILES string of the molecule is CNc1ncc(F)cc1C(=O)N(CCCO)C1CCC1. The first-order valence-corrected chi connectivity index (χ1v) is 6.92. The van der Waals surface area contributed by atoms with E-state index in [0.29, 0.717) is 18.8 Å². The van der Waals surface area contributed by atoms with Gasteiger partial charge in [-0.05, 0) is 31.7 Å². The fraction of sp³-hybridized carbons (Fsp3) is 0.571. The maximum atomic E-state index is 13.4. The number of nitrogens with zero attached hydrogens (tertiary/aromatic N) is 2. The summed E-state index contributed by atoms with van der Waals surface area (Å²) in [5, 5.41) is 11.8. The topological polar surface area (TPSA) is 65.5 Å². The van der Waals surface area contributed by atoms with E-state index in [9.17, 15) is 9.18 Å². The molecule has 0 aromatic carbocycles. The number of carbonyl (C=O) groups is 1. The Morgan fingerprint density at radius 2 is 2.35 bits per heavy atom. The van der Waals surface area contributed by atoms with Gasteiger partial charge in [-0.1, -0.05) is 0 Å². The molecule has 2 N–H and O–H groups in total. The molecule has 0 spiro atoms. The van der Waals surface area contributed by atoms with Crippen LogP contribution in [-0.2, 0) is 0 Å². The van der Waals surface area contributed by atoms with Crippen molar-refractivity contribution >= 4 is 11.7 Å². The predicted molar refractivity (Wildman–Crippen MR) is 74.1 cm³/mol. The highest BCUT2D eigenvalue weighted by Gasteiger charge is 2.30.